The van der Waals surface area contributed by atoms with Crippen molar-refractivity contribution in [3.63, 3.8) is 0 Å². The number of nitrogens with one attached hydrogen (secondary N) is 2. The number of hydrogen-bond acceptors (Lipinski definition) is 2. The molecule has 29 heavy (non-hydrogen) atoms. The van der Waals surface area contributed by atoms with Crippen molar-refractivity contribution >= 4 is 34.9 Å². The van der Waals surface area contributed by atoms with Gasteiger partial charge in [0, 0.05) is 29.2 Å². The number of nitrogens with zero attached hydrogens (tertiary/aromatic N) is 1. The molecule has 1 heterocycles. The van der Waals surface area contributed by atoms with Gasteiger partial charge in [-0.3, -0.25) is 4.79 Å². The van der Waals surface area contributed by atoms with Gasteiger partial charge in [0.2, 0.25) is 5.91 Å². The van der Waals surface area contributed by atoms with Gasteiger partial charge >= 0.3 is 6.03 Å². The Morgan fingerprint density at radius 3 is 2.38 bits per heavy atom. The van der Waals surface area contributed by atoms with E-state index in [0.29, 0.717) is 11.6 Å². The fourth-order valence-corrected chi connectivity index (χ4v) is 3.61. The molecule has 2 N–H and O–H groups in total. The maximum atomic E-state index is 12.6. The van der Waals surface area contributed by atoms with Gasteiger partial charge in [-0.15, -0.1) is 0 Å². The van der Waals surface area contributed by atoms with Gasteiger partial charge in [0.25, 0.3) is 0 Å². The Labute approximate surface area is 174 Å². The second-order valence-corrected chi connectivity index (χ2v) is 7.33. The van der Waals surface area contributed by atoms with Gasteiger partial charge in [0.1, 0.15) is 0 Å². The van der Waals surface area contributed by atoms with E-state index in [1.165, 1.54) is 0 Å². The number of rotatable bonds is 4. The second-order valence-electron chi connectivity index (χ2n) is 6.89. The summed E-state index contributed by atoms with van der Waals surface area (Å²) in [4.78, 5) is 26.6. The van der Waals surface area contributed by atoms with Crippen LogP contribution in [-0.2, 0) is 4.79 Å². The van der Waals surface area contributed by atoms with E-state index in [9.17, 15) is 9.59 Å². The molecule has 1 aliphatic rings. The minimum absolute atomic E-state index is 0.0256. The zero-order valence-electron chi connectivity index (χ0n) is 15.6. The van der Waals surface area contributed by atoms with Gasteiger partial charge in [-0.1, -0.05) is 60.1 Å². The molecule has 0 bridgehead atoms. The molecular formula is C23H20ClN3O2. The molecule has 1 saturated heterocycles. The van der Waals surface area contributed by atoms with E-state index in [4.69, 9.17) is 11.6 Å². The van der Waals surface area contributed by atoms with Crippen LogP contribution in [0.25, 0.3) is 11.1 Å². The lowest BCUT2D eigenvalue weighted by molar-refractivity contribution is -0.117. The molecule has 0 spiro atoms. The van der Waals surface area contributed by atoms with Crippen LogP contribution < -0.4 is 15.5 Å². The number of anilines is 2. The molecule has 5 nitrogen and oxygen atoms in total. The van der Waals surface area contributed by atoms with E-state index < -0.39 is 0 Å². The van der Waals surface area contributed by atoms with E-state index in [1.54, 1.807) is 29.2 Å². The van der Waals surface area contributed by atoms with Crippen LogP contribution in [-0.4, -0.2) is 24.5 Å². The Kier molecular flexibility index (Phi) is 5.49. The molecule has 6 heteroatoms. The Morgan fingerprint density at radius 2 is 1.62 bits per heavy atom. The monoisotopic (exact) mass is 405 g/mol. The van der Waals surface area contributed by atoms with Crippen LogP contribution in [0.4, 0.5) is 16.2 Å². The van der Waals surface area contributed by atoms with Crippen molar-refractivity contribution in [1.29, 1.82) is 0 Å². The summed E-state index contributed by atoms with van der Waals surface area (Å²) in [6.45, 7) is 0.425. The van der Waals surface area contributed by atoms with Crippen LogP contribution in [0, 0.1) is 0 Å². The molecule has 0 radical (unpaired) electrons. The SMILES string of the molecule is O=C(Nc1ccccc1-c1ccccc1)NC1CC(=O)N(c2ccc(Cl)cc2)C1. The minimum Gasteiger partial charge on any atom is -0.333 e. The summed E-state index contributed by atoms with van der Waals surface area (Å²) in [5.74, 6) is -0.0256. The van der Waals surface area contributed by atoms with E-state index in [-0.39, 0.29) is 24.4 Å². The van der Waals surface area contributed by atoms with E-state index in [0.717, 1.165) is 22.5 Å². The summed E-state index contributed by atoms with van der Waals surface area (Å²) in [6.07, 6.45) is 0.260. The topological polar surface area (TPSA) is 61.4 Å². The first-order valence-electron chi connectivity index (χ1n) is 9.38. The maximum Gasteiger partial charge on any atom is 0.319 e. The third-order valence-electron chi connectivity index (χ3n) is 4.86. The Bertz CT molecular complexity index is 1020. The molecule has 3 aromatic carbocycles. The first kappa shape index (κ1) is 19.0. The van der Waals surface area contributed by atoms with Crippen LogP contribution in [0.2, 0.25) is 5.02 Å². The predicted octanol–water partition coefficient (Wildman–Crippen LogP) is 4.93. The third-order valence-corrected chi connectivity index (χ3v) is 5.11. The highest BCUT2D eigenvalue weighted by Gasteiger charge is 2.31. The van der Waals surface area contributed by atoms with Crippen LogP contribution in [0.3, 0.4) is 0 Å². The van der Waals surface area contributed by atoms with Crippen LogP contribution in [0.5, 0.6) is 0 Å². The van der Waals surface area contributed by atoms with Crippen molar-refractivity contribution in [3.05, 3.63) is 83.9 Å². The van der Waals surface area contributed by atoms with Crippen LogP contribution in [0.15, 0.2) is 78.9 Å². The van der Waals surface area contributed by atoms with E-state index in [1.807, 2.05) is 54.6 Å². The Morgan fingerprint density at radius 1 is 0.931 bits per heavy atom. The van der Waals surface area contributed by atoms with Gasteiger partial charge in [-0.2, -0.15) is 0 Å². The first-order chi connectivity index (χ1) is 14.1. The molecule has 1 unspecified atom stereocenters. The lowest BCUT2D eigenvalue weighted by Gasteiger charge is -2.18. The van der Waals surface area contributed by atoms with E-state index in [2.05, 4.69) is 10.6 Å². The average molecular weight is 406 g/mol. The molecule has 3 aromatic rings. The number of amides is 3. The summed E-state index contributed by atoms with van der Waals surface area (Å²) >= 11 is 5.92. The highest BCUT2D eigenvalue weighted by atomic mass is 35.5. The summed E-state index contributed by atoms with van der Waals surface area (Å²) < 4.78 is 0. The van der Waals surface area contributed by atoms with Gasteiger partial charge in [-0.05, 0) is 35.9 Å². The smallest absolute Gasteiger partial charge is 0.319 e. The number of hydrogen-bond donors (Lipinski definition) is 2. The molecule has 1 fully saturated rings. The molecule has 3 amide bonds. The van der Waals surface area contributed by atoms with Crippen molar-refractivity contribution < 1.29 is 9.59 Å². The highest BCUT2D eigenvalue weighted by Crippen LogP contribution is 2.28. The summed E-state index contributed by atoms with van der Waals surface area (Å²) in [7, 11) is 0. The normalized spacial score (nSPS) is 16.0. The molecule has 0 aromatic heterocycles. The fraction of sp³-hybridized carbons (Fsp3) is 0.130. The van der Waals surface area contributed by atoms with Gasteiger partial charge in [0.15, 0.2) is 0 Å². The Balaban J connectivity index is 1.42. The minimum atomic E-state index is -0.330. The average Bonchev–Trinajstić information content (AvgIpc) is 3.09. The van der Waals surface area contributed by atoms with Gasteiger partial charge in [0.05, 0.1) is 11.7 Å². The number of benzene rings is 3. The van der Waals surface area contributed by atoms with Crippen molar-refractivity contribution in [3.8, 4) is 11.1 Å². The number of carbonyl (C=O) groups is 2. The quantitative estimate of drug-likeness (QED) is 0.646. The number of para-hydroxylation sites is 1. The van der Waals surface area contributed by atoms with Crippen molar-refractivity contribution in [2.45, 2.75) is 12.5 Å². The summed E-state index contributed by atoms with van der Waals surface area (Å²) in [5.41, 5.74) is 3.45. The van der Waals surface area contributed by atoms with Gasteiger partial charge < -0.3 is 15.5 Å². The molecule has 0 saturated carbocycles. The molecule has 4 rings (SSSR count). The van der Waals surface area contributed by atoms with Crippen molar-refractivity contribution in [2.24, 2.45) is 0 Å². The Hall–Kier alpha value is -3.31. The number of carbonyl (C=O) groups excluding carboxylic acids is 2. The van der Waals surface area contributed by atoms with E-state index >= 15 is 0 Å². The first-order valence-corrected chi connectivity index (χ1v) is 9.76. The second kappa shape index (κ2) is 8.37. The number of halogens is 1. The highest BCUT2D eigenvalue weighted by molar-refractivity contribution is 6.30. The molecule has 146 valence electrons. The lowest BCUT2D eigenvalue weighted by atomic mass is 10.0. The predicted molar refractivity (Wildman–Crippen MR) is 116 cm³/mol. The molecule has 1 atom stereocenters. The zero-order chi connectivity index (χ0) is 20.2. The van der Waals surface area contributed by atoms with Gasteiger partial charge in [-0.25, -0.2) is 4.79 Å². The molecule has 1 aliphatic heterocycles. The maximum absolute atomic E-state index is 12.6. The molecular weight excluding hydrogens is 386 g/mol. The fourth-order valence-electron chi connectivity index (χ4n) is 3.48. The van der Waals surface area contributed by atoms with Crippen LogP contribution >= 0.6 is 11.6 Å². The van der Waals surface area contributed by atoms with Crippen LogP contribution in [0.1, 0.15) is 6.42 Å². The lowest BCUT2D eigenvalue weighted by Crippen LogP contribution is -2.39. The molecule has 0 aliphatic carbocycles. The summed E-state index contributed by atoms with van der Waals surface area (Å²) in [6, 6.07) is 24.0. The summed E-state index contributed by atoms with van der Waals surface area (Å²) in [5, 5.41) is 6.44. The largest absolute Gasteiger partial charge is 0.333 e. The standard InChI is InChI=1S/C23H20ClN3O2/c24-17-10-12-19(13-11-17)27-15-18(14-22(27)28)25-23(29)26-21-9-5-4-8-20(21)16-6-2-1-3-7-16/h1-13,18H,14-15H2,(H2,25,26,29). The number of urea groups is 1. The third kappa shape index (κ3) is 4.41. The zero-order valence-corrected chi connectivity index (χ0v) is 16.4. The van der Waals surface area contributed by atoms with Crippen molar-refractivity contribution in [1.82, 2.24) is 5.32 Å². The van der Waals surface area contributed by atoms with Crippen molar-refractivity contribution in [2.75, 3.05) is 16.8 Å².